The summed E-state index contributed by atoms with van der Waals surface area (Å²) in [5.74, 6) is 1.52. The Kier molecular flexibility index (Phi) is 6.55. The van der Waals surface area contributed by atoms with E-state index in [1.165, 1.54) is 6.26 Å². The molecule has 0 unspecified atom stereocenters. The van der Waals surface area contributed by atoms with E-state index in [1.807, 2.05) is 35.2 Å². The summed E-state index contributed by atoms with van der Waals surface area (Å²) in [4.78, 5) is 7.26. The normalized spacial score (nSPS) is 20.2. The molecule has 0 amide bonds. The van der Waals surface area contributed by atoms with E-state index in [9.17, 15) is 8.42 Å². The Morgan fingerprint density at radius 1 is 1.19 bits per heavy atom. The standard InChI is InChI=1S/C25H37N5O4SSi/c1-19-17-33-13-12-29(19)23-16-21(25(8-9-25)35(2,31)32)20-6-11-30(24(20)26-23)22-7-10-28(27-22)18-34-14-15-36(3,4)5/h6-7,10-11,16,19H,8-9,12-15,17-18H2,1-5H3/t19-/m1/s1. The molecule has 3 aromatic heterocycles. The van der Waals surface area contributed by atoms with Gasteiger partial charge >= 0.3 is 0 Å². The summed E-state index contributed by atoms with van der Waals surface area (Å²) in [6.45, 7) is 12.2. The smallest absolute Gasteiger partial charge is 0.160 e. The Morgan fingerprint density at radius 2 is 1.97 bits per heavy atom. The van der Waals surface area contributed by atoms with Gasteiger partial charge in [-0.3, -0.25) is 4.57 Å². The number of pyridine rings is 1. The van der Waals surface area contributed by atoms with Crippen molar-refractivity contribution in [2.45, 2.75) is 63.0 Å². The van der Waals surface area contributed by atoms with E-state index in [2.05, 4.69) is 31.5 Å². The third-order valence-corrected chi connectivity index (χ3v) is 11.1. The van der Waals surface area contributed by atoms with Gasteiger partial charge in [-0.25, -0.2) is 18.1 Å². The molecule has 5 rings (SSSR count). The van der Waals surface area contributed by atoms with Gasteiger partial charge in [0.25, 0.3) is 0 Å². The number of sulfone groups is 1. The Hall–Kier alpha value is -2.21. The van der Waals surface area contributed by atoms with Crippen LogP contribution in [0.5, 0.6) is 0 Å². The van der Waals surface area contributed by atoms with E-state index in [-0.39, 0.29) is 6.04 Å². The number of rotatable bonds is 9. The van der Waals surface area contributed by atoms with E-state index < -0.39 is 22.7 Å². The zero-order valence-electron chi connectivity index (χ0n) is 21.9. The highest BCUT2D eigenvalue weighted by atomic mass is 32.2. The average molecular weight is 532 g/mol. The van der Waals surface area contributed by atoms with Gasteiger partial charge in [-0.1, -0.05) is 19.6 Å². The quantitative estimate of drug-likeness (QED) is 0.306. The van der Waals surface area contributed by atoms with Crippen LogP contribution >= 0.6 is 0 Å². The molecule has 0 aromatic carbocycles. The Balaban J connectivity index is 1.52. The van der Waals surface area contributed by atoms with Crippen molar-refractivity contribution in [3.05, 3.63) is 36.2 Å². The van der Waals surface area contributed by atoms with Crippen molar-refractivity contribution in [3.8, 4) is 5.82 Å². The largest absolute Gasteiger partial charge is 0.377 e. The third kappa shape index (κ3) is 4.85. The predicted octanol–water partition coefficient (Wildman–Crippen LogP) is 3.79. The Bertz CT molecular complexity index is 1360. The van der Waals surface area contributed by atoms with Gasteiger partial charge in [0.1, 0.15) is 18.2 Å². The van der Waals surface area contributed by atoms with Crippen LogP contribution in [-0.2, 0) is 30.8 Å². The van der Waals surface area contributed by atoms with Crippen molar-refractivity contribution in [2.75, 3.05) is 37.5 Å². The molecule has 9 nitrogen and oxygen atoms in total. The summed E-state index contributed by atoms with van der Waals surface area (Å²) < 4.78 is 40.2. The maximum atomic E-state index is 12.9. The fourth-order valence-corrected chi connectivity index (χ4v) is 7.08. The number of nitrogens with zero attached hydrogens (tertiary/aromatic N) is 5. The molecular formula is C25H37N5O4SSi. The van der Waals surface area contributed by atoms with E-state index >= 15 is 0 Å². The van der Waals surface area contributed by atoms with Gasteiger partial charge in [-0.05, 0) is 43.5 Å². The first kappa shape index (κ1) is 25.4. The molecule has 1 saturated carbocycles. The molecular weight excluding hydrogens is 494 g/mol. The maximum Gasteiger partial charge on any atom is 0.160 e. The molecule has 0 N–H and O–H groups in total. The molecule has 2 fully saturated rings. The average Bonchev–Trinajstić information content (AvgIpc) is 3.32. The van der Waals surface area contributed by atoms with Crippen molar-refractivity contribution in [3.63, 3.8) is 0 Å². The number of ether oxygens (including phenoxy) is 2. The molecule has 1 saturated heterocycles. The highest BCUT2D eigenvalue weighted by Gasteiger charge is 2.54. The lowest BCUT2D eigenvalue weighted by molar-refractivity contribution is 0.0785. The van der Waals surface area contributed by atoms with Crippen molar-refractivity contribution >= 4 is 34.8 Å². The van der Waals surface area contributed by atoms with Crippen LogP contribution < -0.4 is 4.90 Å². The van der Waals surface area contributed by atoms with Crippen molar-refractivity contribution in [1.82, 2.24) is 19.3 Å². The molecule has 0 bridgehead atoms. The summed E-state index contributed by atoms with van der Waals surface area (Å²) in [5, 5.41) is 5.59. The van der Waals surface area contributed by atoms with Crippen molar-refractivity contribution in [2.24, 2.45) is 0 Å². The molecule has 196 valence electrons. The van der Waals surface area contributed by atoms with E-state index in [1.54, 1.807) is 4.68 Å². The number of hydrogen-bond donors (Lipinski definition) is 0. The molecule has 4 heterocycles. The second-order valence-corrected chi connectivity index (χ2v) is 19.3. The Morgan fingerprint density at radius 3 is 2.64 bits per heavy atom. The first-order valence-corrected chi connectivity index (χ1v) is 18.3. The second kappa shape index (κ2) is 9.27. The van der Waals surface area contributed by atoms with E-state index in [0.29, 0.717) is 32.8 Å². The van der Waals surface area contributed by atoms with Crippen LogP contribution in [0.3, 0.4) is 0 Å². The van der Waals surface area contributed by atoms with Crippen LogP contribution in [0.25, 0.3) is 16.9 Å². The van der Waals surface area contributed by atoms with Crippen LogP contribution in [0.2, 0.25) is 25.7 Å². The van der Waals surface area contributed by atoms with Crippen LogP contribution in [0.4, 0.5) is 5.82 Å². The third-order valence-electron chi connectivity index (χ3n) is 7.30. The lowest BCUT2D eigenvalue weighted by atomic mass is 10.1. The molecule has 0 radical (unpaired) electrons. The van der Waals surface area contributed by atoms with Gasteiger partial charge in [-0.2, -0.15) is 5.10 Å². The first-order chi connectivity index (χ1) is 17.0. The van der Waals surface area contributed by atoms with Crippen LogP contribution in [0.15, 0.2) is 30.6 Å². The summed E-state index contributed by atoms with van der Waals surface area (Å²) in [7, 11) is -4.43. The first-order valence-electron chi connectivity index (χ1n) is 12.7. The van der Waals surface area contributed by atoms with Crippen molar-refractivity contribution < 1.29 is 17.9 Å². The molecule has 36 heavy (non-hydrogen) atoms. The summed E-state index contributed by atoms with van der Waals surface area (Å²) in [6, 6.07) is 7.17. The lowest BCUT2D eigenvalue weighted by Crippen LogP contribution is -2.44. The Labute approximate surface area is 214 Å². The highest BCUT2D eigenvalue weighted by molar-refractivity contribution is 7.92. The molecule has 3 aromatic rings. The van der Waals surface area contributed by atoms with Gasteiger partial charge in [0.15, 0.2) is 15.7 Å². The van der Waals surface area contributed by atoms with Gasteiger partial charge < -0.3 is 14.4 Å². The number of aromatic nitrogens is 4. The zero-order chi connectivity index (χ0) is 25.7. The number of hydrogen-bond acceptors (Lipinski definition) is 7. The van der Waals surface area contributed by atoms with Crippen LogP contribution in [-0.4, -0.2) is 74.5 Å². The summed E-state index contributed by atoms with van der Waals surface area (Å²) in [6.07, 6.45) is 6.47. The fraction of sp³-hybridized carbons (Fsp3) is 0.600. The maximum absolute atomic E-state index is 12.9. The number of anilines is 1. The number of morpholine rings is 1. The van der Waals surface area contributed by atoms with Gasteiger partial charge in [0.05, 0.1) is 24.0 Å². The summed E-state index contributed by atoms with van der Waals surface area (Å²) >= 11 is 0. The molecule has 1 aliphatic heterocycles. The zero-order valence-corrected chi connectivity index (χ0v) is 23.7. The minimum absolute atomic E-state index is 0.154. The highest BCUT2D eigenvalue weighted by Crippen LogP contribution is 2.54. The van der Waals surface area contributed by atoms with Gasteiger partial charge in [-0.15, -0.1) is 0 Å². The van der Waals surface area contributed by atoms with E-state index in [4.69, 9.17) is 19.6 Å². The molecule has 11 heteroatoms. The fourth-order valence-electron chi connectivity index (χ4n) is 4.91. The molecule has 1 atom stereocenters. The summed E-state index contributed by atoms with van der Waals surface area (Å²) in [5.41, 5.74) is 1.57. The second-order valence-electron chi connectivity index (χ2n) is 11.4. The monoisotopic (exact) mass is 531 g/mol. The topological polar surface area (TPSA) is 91.5 Å². The molecule has 1 aliphatic carbocycles. The van der Waals surface area contributed by atoms with Gasteiger partial charge in [0.2, 0.25) is 0 Å². The minimum atomic E-state index is -3.29. The van der Waals surface area contributed by atoms with Gasteiger partial charge in [0, 0.05) is 51.3 Å². The van der Waals surface area contributed by atoms with Crippen molar-refractivity contribution in [1.29, 1.82) is 0 Å². The predicted molar refractivity (Wildman–Crippen MR) is 144 cm³/mol. The SMILES string of the molecule is C[C@@H]1COCCN1c1cc(C2(S(C)(=O)=O)CC2)c2ccn(-c3ccn(COCC[Si](C)(C)C)n3)c2n1. The minimum Gasteiger partial charge on any atom is -0.377 e. The molecule has 2 aliphatic rings. The molecule has 0 spiro atoms. The lowest BCUT2D eigenvalue weighted by Gasteiger charge is -2.35. The van der Waals surface area contributed by atoms with Crippen LogP contribution in [0.1, 0.15) is 25.3 Å². The number of fused-ring (bicyclic) bond motifs is 1. The van der Waals surface area contributed by atoms with Crippen LogP contribution in [0, 0.1) is 0 Å². The van der Waals surface area contributed by atoms with E-state index in [0.717, 1.165) is 47.4 Å².